The van der Waals surface area contributed by atoms with Crippen LogP contribution in [0.5, 0.6) is 0 Å². The van der Waals surface area contributed by atoms with Gasteiger partial charge in [-0.3, -0.25) is 0 Å². The van der Waals surface area contributed by atoms with Crippen molar-refractivity contribution in [3.63, 3.8) is 0 Å². The molecule has 0 N–H and O–H groups in total. The molecule has 0 unspecified atom stereocenters. The molecular formula is C22H22. The molecule has 4 rings (SSSR count). The smallest absolute Gasteiger partial charge is 0.00962 e. The van der Waals surface area contributed by atoms with E-state index in [0.717, 1.165) is 6.42 Å². The Morgan fingerprint density at radius 2 is 0.955 bits per heavy atom. The van der Waals surface area contributed by atoms with E-state index in [1.165, 1.54) is 37.9 Å². The van der Waals surface area contributed by atoms with Crippen molar-refractivity contribution >= 4 is 32.3 Å². The van der Waals surface area contributed by atoms with Crippen LogP contribution in [0.4, 0.5) is 0 Å². The molecule has 0 radical (unpaired) electrons. The van der Waals surface area contributed by atoms with Gasteiger partial charge in [-0.1, -0.05) is 87.5 Å². The highest BCUT2D eigenvalue weighted by Gasteiger charge is 2.07. The van der Waals surface area contributed by atoms with Crippen LogP contribution in [0.3, 0.4) is 0 Å². The topological polar surface area (TPSA) is 0 Å². The fraction of sp³-hybridized carbons (Fsp3) is 0.182. The zero-order valence-corrected chi connectivity index (χ0v) is 13.6. The Bertz CT molecular complexity index is 897. The van der Waals surface area contributed by atoms with Gasteiger partial charge in [-0.05, 0) is 44.3 Å². The minimum atomic E-state index is 1.08. The van der Waals surface area contributed by atoms with Gasteiger partial charge in [0.15, 0.2) is 0 Å². The second kappa shape index (κ2) is 6.19. The lowest BCUT2D eigenvalue weighted by Gasteiger charge is -2.11. The average molecular weight is 286 g/mol. The standard InChI is InChI=1S/C20H16.C2H6/c1-2-14-11-12-19-17-9-4-3-7-15(17)16-8-5-6-10-18(16)20(19)13-14;1-2/h3-13H,2H2,1H3;1-2H3. The van der Waals surface area contributed by atoms with E-state index < -0.39 is 0 Å². The van der Waals surface area contributed by atoms with Gasteiger partial charge >= 0.3 is 0 Å². The van der Waals surface area contributed by atoms with Crippen molar-refractivity contribution in [1.29, 1.82) is 0 Å². The highest BCUT2D eigenvalue weighted by atomic mass is 14.1. The fourth-order valence-corrected chi connectivity index (χ4v) is 3.17. The van der Waals surface area contributed by atoms with Gasteiger partial charge in [0.1, 0.15) is 0 Å². The number of hydrogen-bond donors (Lipinski definition) is 0. The molecule has 0 aromatic heterocycles. The molecule has 0 bridgehead atoms. The maximum atomic E-state index is 2.35. The molecule has 0 heteroatoms. The largest absolute Gasteiger partial charge is 0.0683 e. The van der Waals surface area contributed by atoms with Crippen LogP contribution in [-0.2, 0) is 6.42 Å². The zero-order chi connectivity index (χ0) is 15.5. The summed E-state index contributed by atoms with van der Waals surface area (Å²) < 4.78 is 0. The van der Waals surface area contributed by atoms with E-state index in [4.69, 9.17) is 0 Å². The van der Waals surface area contributed by atoms with E-state index in [9.17, 15) is 0 Å². The van der Waals surface area contributed by atoms with Crippen LogP contribution in [0.25, 0.3) is 32.3 Å². The van der Waals surface area contributed by atoms with Gasteiger partial charge in [0.25, 0.3) is 0 Å². The van der Waals surface area contributed by atoms with E-state index >= 15 is 0 Å². The Morgan fingerprint density at radius 1 is 0.545 bits per heavy atom. The Balaban J connectivity index is 0.000000693. The van der Waals surface area contributed by atoms with Crippen LogP contribution in [0.15, 0.2) is 66.7 Å². The Morgan fingerprint density at radius 3 is 1.41 bits per heavy atom. The molecule has 0 heterocycles. The van der Waals surface area contributed by atoms with E-state index in [2.05, 4.69) is 73.7 Å². The minimum absolute atomic E-state index is 1.08. The van der Waals surface area contributed by atoms with Crippen molar-refractivity contribution in [1.82, 2.24) is 0 Å². The third-order valence-electron chi connectivity index (χ3n) is 4.22. The molecular weight excluding hydrogens is 264 g/mol. The van der Waals surface area contributed by atoms with Crippen LogP contribution < -0.4 is 0 Å². The Kier molecular flexibility index (Phi) is 4.11. The monoisotopic (exact) mass is 286 g/mol. The maximum Gasteiger partial charge on any atom is -0.00962 e. The van der Waals surface area contributed by atoms with Gasteiger partial charge in [-0.2, -0.15) is 0 Å². The number of hydrogen-bond acceptors (Lipinski definition) is 0. The van der Waals surface area contributed by atoms with Gasteiger partial charge in [0, 0.05) is 0 Å². The molecule has 4 aromatic rings. The molecule has 0 spiro atoms. The Labute approximate surface area is 132 Å². The van der Waals surface area contributed by atoms with Crippen molar-refractivity contribution in [2.75, 3.05) is 0 Å². The number of rotatable bonds is 1. The highest BCUT2D eigenvalue weighted by molar-refractivity contribution is 6.25. The number of aryl methyl sites for hydroxylation is 1. The van der Waals surface area contributed by atoms with Crippen molar-refractivity contribution in [2.45, 2.75) is 27.2 Å². The lowest BCUT2D eigenvalue weighted by atomic mass is 9.93. The van der Waals surface area contributed by atoms with Crippen LogP contribution in [-0.4, -0.2) is 0 Å². The molecule has 22 heavy (non-hydrogen) atoms. The van der Waals surface area contributed by atoms with Gasteiger partial charge in [-0.25, -0.2) is 0 Å². The van der Waals surface area contributed by atoms with Crippen LogP contribution in [0.2, 0.25) is 0 Å². The first-order valence-corrected chi connectivity index (χ1v) is 8.20. The first-order valence-electron chi connectivity index (χ1n) is 8.20. The van der Waals surface area contributed by atoms with Crippen molar-refractivity contribution in [3.8, 4) is 0 Å². The first-order chi connectivity index (χ1) is 10.9. The van der Waals surface area contributed by atoms with E-state index in [0.29, 0.717) is 0 Å². The van der Waals surface area contributed by atoms with Crippen LogP contribution >= 0.6 is 0 Å². The second-order valence-electron chi connectivity index (χ2n) is 5.32. The van der Waals surface area contributed by atoms with Crippen LogP contribution in [0.1, 0.15) is 26.3 Å². The lowest BCUT2D eigenvalue weighted by Crippen LogP contribution is -1.85. The fourth-order valence-electron chi connectivity index (χ4n) is 3.17. The molecule has 0 nitrogen and oxygen atoms in total. The number of benzene rings is 4. The van der Waals surface area contributed by atoms with Gasteiger partial charge in [-0.15, -0.1) is 0 Å². The summed E-state index contributed by atoms with van der Waals surface area (Å²) in [7, 11) is 0. The van der Waals surface area contributed by atoms with Crippen molar-refractivity contribution in [2.24, 2.45) is 0 Å². The molecule has 0 fully saturated rings. The second-order valence-corrected chi connectivity index (χ2v) is 5.32. The van der Waals surface area contributed by atoms with Gasteiger partial charge in [0.2, 0.25) is 0 Å². The average Bonchev–Trinajstić information content (AvgIpc) is 2.63. The molecule has 0 saturated carbocycles. The zero-order valence-electron chi connectivity index (χ0n) is 13.6. The quantitative estimate of drug-likeness (QED) is 0.340. The van der Waals surface area contributed by atoms with Crippen molar-refractivity contribution in [3.05, 3.63) is 72.3 Å². The summed E-state index contributed by atoms with van der Waals surface area (Å²) in [5, 5.41) is 8.14. The highest BCUT2D eigenvalue weighted by Crippen LogP contribution is 2.35. The van der Waals surface area contributed by atoms with Crippen LogP contribution in [0, 0.1) is 0 Å². The third-order valence-corrected chi connectivity index (χ3v) is 4.22. The predicted molar refractivity (Wildman–Crippen MR) is 99.7 cm³/mol. The summed E-state index contributed by atoms with van der Waals surface area (Å²) >= 11 is 0. The normalized spacial score (nSPS) is 10.7. The molecule has 0 aliphatic heterocycles. The third kappa shape index (κ3) is 2.25. The lowest BCUT2D eigenvalue weighted by molar-refractivity contribution is 1.15. The van der Waals surface area contributed by atoms with E-state index in [-0.39, 0.29) is 0 Å². The summed E-state index contributed by atoms with van der Waals surface area (Å²) in [6.45, 7) is 6.21. The SMILES string of the molecule is CC.CCc1ccc2c3ccccc3c3ccccc3c2c1. The summed E-state index contributed by atoms with van der Waals surface area (Å²) in [5.41, 5.74) is 1.40. The summed E-state index contributed by atoms with van der Waals surface area (Å²) in [6, 6.07) is 24.3. The predicted octanol–water partition coefficient (Wildman–Crippen LogP) is 6.73. The molecule has 0 saturated heterocycles. The van der Waals surface area contributed by atoms with E-state index in [1.54, 1.807) is 0 Å². The Hall–Kier alpha value is -2.34. The number of fused-ring (bicyclic) bond motifs is 6. The molecule has 0 atom stereocenters. The van der Waals surface area contributed by atoms with Gasteiger partial charge < -0.3 is 0 Å². The van der Waals surface area contributed by atoms with Gasteiger partial charge in [0.05, 0.1) is 0 Å². The molecule has 0 aliphatic carbocycles. The van der Waals surface area contributed by atoms with Crippen molar-refractivity contribution < 1.29 is 0 Å². The first kappa shape index (κ1) is 14.6. The maximum absolute atomic E-state index is 2.35. The van der Waals surface area contributed by atoms with E-state index in [1.807, 2.05) is 13.8 Å². The molecule has 0 amide bonds. The molecule has 110 valence electrons. The summed E-state index contributed by atoms with van der Waals surface area (Å²) in [5.74, 6) is 0. The minimum Gasteiger partial charge on any atom is -0.0683 e. The summed E-state index contributed by atoms with van der Waals surface area (Å²) in [6.07, 6.45) is 1.08. The molecule has 4 aromatic carbocycles. The summed E-state index contributed by atoms with van der Waals surface area (Å²) in [4.78, 5) is 0. The molecule has 0 aliphatic rings.